The SMILES string of the molecule is CCNc1nnc(S(=O)(=O)Cc2csc(-c3ccc(C(C)C)cc3)n2)s1. The molecule has 138 valence electrons. The van der Waals surface area contributed by atoms with Gasteiger partial charge in [0, 0.05) is 17.5 Å². The summed E-state index contributed by atoms with van der Waals surface area (Å²) in [6, 6.07) is 8.22. The number of hydrogen-bond acceptors (Lipinski definition) is 8. The largest absolute Gasteiger partial charge is 0.360 e. The number of nitrogens with zero attached hydrogens (tertiary/aromatic N) is 3. The van der Waals surface area contributed by atoms with Crippen LogP contribution >= 0.6 is 22.7 Å². The third-order valence-electron chi connectivity index (χ3n) is 3.71. The first-order valence-electron chi connectivity index (χ1n) is 8.24. The zero-order chi connectivity index (χ0) is 18.7. The average molecular weight is 409 g/mol. The highest BCUT2D eigenvalue weighted by Gasteiger charge is 2.22. The molecule has 0 spiro atoms. The molecule has 0 aliphatic heterocycles. The Kier molecular flexibility index (Phi) is 5.69. The summed E-state index contributed by atoms with van der Waals surface area (Å²) < 4.78 is 25.1. The molecule has 0 bridgehead atoms. The van der Waals surface area contributed by atoms with Gasteiger partial charge in [0.2, 0.25) is 19.3 Å². The second-order valence-electron chi connectivity index (χ2n) is 6.08. The van der Waals surface area contributed by atoms with E-state index < -0.39 is 9.84 Å². The van der Waals surface area contributed by atoms with Crippen LogP contribution in [0.4, 0.5) is 5.13 Å². The molecule has 3 aromatic rings. The van der Waals surface area contributed by atoms with Gasteiger partial charge >= 0.3 is 0 Å². The van der Waals surface area contributed by atoms with Crippen molar-refractivity contribution in [2.24, 2.45) is 0 Å². The Labute approximate surface area is 161 Å². The fourth-order valence-corrected chi connectivity index (χ4v) is 5.55. The highest BCUT2D eigenvalue weighted by Crippen LogP contribution is 2.28. The predicted molar refractivity (Wildman–Crippen MR) is 107 cm³/mol. The number of sulfone groups is 1. The van der Waals surface area contributed by atoms with Gasteiger partial charge in [0.1, 0.15) is 10.8 Å². The molecule has 0 amide bonds. The van der Waals surface area contributed by atoms with Crippen LogP contribution in [0.25, 0.3) is 10.6 Å². The molecule has 1 aromatic carbocycles. The van der Waals surface area contributed by atoms with Gasteiger partial charge in [0.15, 0.2) is 0 Å². The molecule has 0 radical (unpaired) electrons. The number of thiazole rings is 1. The third kappa shape index (κ3) is 4.28. The fourth-order valence-electron chi connectivity index (χ4n) is 2.33. The molecular weight excluding hydrogens is 388 g/mol. The van der Waals surface area contributed by atoms with Gasteiger partial charge < -0.3 is 5.32 Å². The number of hydrogen-bond donors (Lipinski definition) is 1. The van der Waals surface area contributed by atoms with E-state index >= 15 is 0 Å². The molecular formula is C17H20N4O2S3. The smallest absolute Gasteiger partial charge is 0.234 e. The molecule has 0 aliphatic rings. The van der Waals surface area contributed by atoms with Crippen LogP contribution in [0.3, 0.4) is 0 Å². The van der Waals surface area contributed by atoms with Crippen molar-refractivity contribution in [2.75, 3.05) is 11.9 Å². The molecule has 1 N–H and O–H groups in total. The van der Waals surface area contributed by atoms with Gasteiger partial charge in [-0.25, -0.2) is 13.4 Å². The lowest BCUT2D eigenvalue weighted by atomic mass is 10.0. The summed E-state index contributed by atoms with van der Waals surface area (Å²) in [5, 5.41) is 13.7. The topological polar surface area (TPSA) is 84.8 Å². The van der Waals surface area contributed by atoms with Crippen molar-refractivity contribution in [3.05, 3.63) is 40.9 Å². The van der Waals surface area contributed by atoms with Crippen molar-refractivity contribution in [1.82, 2.24) is 15.2 Å². The maximum Gasteiger partial charge on any atom is 0.234 e. The molecule has 0 aliphatic carbocycles. The molecule has 0 fully saturated rings. The molecule has 6 nitrogen and oxygen atoms in total. The summed E-state index contributed by atoms with van der Waals surface area (Å²) in [6.45, 7) is 6.88. The van der Waals surface area contributed by atoms with E-state index in [0.29, 0.717) is 23.3 Å². The van der Waals surface area contributed by atoms with Gasteiger partial charge in [-0.15, -0.1) is 21.5 Å². The molecule has 0 saturated carbocycles. The average Bonchev–Trinajstić information content (AvgIpc) is 3.25. The van der Waals surface area contributed by atoms with Crippen molar-refractivity contribution < 1.29 is 8.42 Å². The predicted octanol–water partition coefficient (Wildman–Crippen LogP) is 4.19. The molecule has 26 heavy (non-hydrogen) atoms. The van der Waals surface area contributed by atoms with Crippen LogP contribution in [0.5, 0.6) is 0 Å². The lowest BCUT2D eigenvalue weighted by Gasteiger charge is -2.05. The summed E-state index contributed by atoms with van der Waals surface area (Å²) in [5.74, 6) is 0.300. The lowest BCUT2D eigenvalue weighted by Crippen LogP contribution is -2.05. The van der Waals surface area contributed by atoms with E-state index in [0.717, 1.165) is 21.9 Å². The maximum absolute atomic E-state index is 12.5. The number of aromatic nitrogens is 3. The maximum atomic E-state index is 12.5. The van der Waals surface area contributed by atoms with Crippen LogP contribution in [0.15, 0.2) is 34.0 Å². The first-order valence-corrected chi connectivity index (χ1v) is 11.6. The van der Waals surface area contributed by atoms with E-state index in [1.165, 1.54) is 16.9 Å². The lowest BCUT2D eigenvalue weighted by molar-refractivity contribution is 0.593. The van der Waals surface area contributed by atoms with Crippen molar-refractivity contribution in [1.29, 1.82) is 0 Å². The summed E-state index contributed by atoms with van der Waals surface area (Å²) in [7, 11) is -3.55. The van der Waals surface area contributed by atoms with Gasteiger partial charge in [-0.3, -0.25) is 0 Å². The Morgan fingerprint density at radius 1 is 1.15 bits per heavy atom. The fraction of sp³-hybridized carbons (Fsp3) is 0.353. The standard InChI is InChI=1S/C17H20N4O2S3/c1-4-18-16-20-21-17(25-16)26(22,23)10-14-9-24-15(19-14)13-7-5-12(6-8-13)11(2)3/h5-9,11H,4,10H2,1-3H3,(H,18,20). The number of rotatable bonds is 7. The molecule has 0 unspecified atom stereocenters. The second kappa shape index (κ2) is 7.81. The van der Waals surface area contributed by atoms with Crippen LogP contribution in [0.1, 0.15) is 37.9 Å². The normalized spacial score (nSPS) is 11.8. The van der Waals surface area contributed by atoms with Gasteiger partial charge in [-0.1, -0.05) is 49.4 Å². The van der Waals surface area contributed by atoms with E-state index in [-0.39, 0.29) is 10.1 Å². The van der Waals surface area contributed by atoms with Gasteiger partial charge in [0.05, 0.1) is 5.69 Å². The van der Waals surface area contributed by atoms with Gasteiger partial charge in [-0.2, -0.15) is 0 Å². The highest BCUT2D eigenvalue weighted by molar-refractivity contribution is 7.92. The van der Waals surface area contributed by atoms with Crippen LogP contribution in [-0.2, 0) is 15.6 Å². The minimum Gasteiger partial charge on any atom is -0.360 e. The quantitative estimate of drug-likeness (QED) is 0.631. The zero-order valence-electron chi connectivity index (χ0n) is 14.8. The molecule has 3 rings (SSSR count). The van der Waals surface area contributed by atoms with Crippen LogP contribution in [0.2, 0.25) is 0 Å². The van der Waals surface area contributed by atoms with Crippen LogP contribution in [0, 0.1) is 0 Å². The summed E-state index contributed by atoms with van der Waals surface area (Å²) >= 11 is 2.49. The Morgan fingerprint density at radius 3 is 2.54 bits per heavy atom. The third-order valence-corrected chi connectivity index (χ3v) is 7.63. The van der Waals surface area contributed by atoms with Crippen LogP contribution in [-0.4, -0.2) is 30.1 Å². The Bertz CT molecular complexity index is 976. The first-order chi connectivity index (χ1) is 12.4. The molecule has 2 aromatic heterocycles. The number of benzene rings is 1. The van der Waals surface area contributed by atoms with E-state index in [1.54, 1.807) is 5.38 Å². The van der Waals surface area contributed by atoms with E-state index in [9.17, 15) is 8.42 Å². The van der Waals surface area contributed by atoms with Crippen molar-refractivity contribution in [3.8, 4) is 10.6 Å². The molecule has 9 heteroatoms. The van der Waals surface area contributed by atoms with Crippen molar-refractivity contribution >= 4 is 37.6 Å². The van der Waals surface area contributed by atoms with E-state index in [4.69, 9.17) is 0 Å². The first kappa shape index (κ1) is 18.9. The molecule has 0 saturated heterocycles. The number of nitrogens with one attached hydrogen (secondary N) is 1. The second-order valence-corrected chi connectivity index (χ2v) is 10.1. The molecule has 0 atom stereocenters. The van der Waals surface area contributed by atoms with Gasteiger partial charge in [-0.05, 0) is 18.4 Å². The highest BCUT2D eigenvalue weighted by atomic mass is 32.2. The molecule has 2 heterocycles. The Balaban J connectivity index is 1.76. The summed E-state index contributed by atoms with van der Waals surface area (Å²) in [5.41, 5.74) is 2.78. The minimum atomic E-state index is -3.55. The van der Waals surface area contributed by atoms with E-state index in [1.807, 2.05) is 19.1 Å². The van der Waals surface area contributed by atoms with Gasteiger partial charge in [0.25, 0.3) is 0 Å². The Hall–Kier alpha value is -1.84. The Morgan fingerprint density at radius 2 is 1.88 bits per heavy atom. The van der Waals surface area contributed by atoms with Crippen molar-refractivity contribution in [3.63, 3.8) is 0 Å². The number of anilines is 1. The zero-order valence-corrected chi connectivity index (χ0v) is 17.2. The monoisotopic (exact) mass is 408 g/mol. The van der Waals surface area contributed by atoms with Crippen molar-refractivity contribution in [2.45, 2.75) is 36.8 Å². The van der Waals surface area contributed by atoms with Crippen LogP contribution < -0.4 is 5.32 Å². The minimum absolute atomic E-state index is 0.0179. The van der Waals surface area contributed by atoms with E-state index in [2.05, 4.69) is 46.5 Å². The summed E-state index contributed by atoms with van der Waals surface area (Å²) in [6.07, 6.45) is 0. The summed E-state index contributed by atoms with van der Waals surface area (Å²) in [4.78, 5) is 4.49.